The molecule has 1 heterocycles. The number of benzene rings is 1. The smallest absolute Gasteiger partial charge is 0.123 e. The zero-order valence-corrected chi connectivity index (χ0v) is 12.2. The standard InChI is InChI=1S/C15H22ClNO/c1-15(2,3)13-8-12(16)4-5-14(13)18-10-11-6-7-17-9-11/h4-5,8,11,17H,6-7,9-10H2,1-3H3/t11-/m0/s1. The molecule has 3 heteroatoms. The van der Waals surface area contributed by atoms with Gasteiger partial charge in [-0.1, -0.05) is 32.4 Å². The Morgan fingerprint density at radius 2 is 2.17 bits per heavy atom. The van der Waals surface area contributed by atoms with Crippen molar-refractivity contribution in [1.29, 1.82) is 0 Å². The van der Waals surface area contributed by atoms with E-state index in [-0.39, 0.29) is 5.41 Å². The normalized spacial score (nSPS) is 20.1. The second kappa shape index (κ2) is 5.50. The fraction of sp³-hybridized carbons (Fsp3) is 0.600. The van der Waals surface area contributed by atoms with Crippen LogP contribution in [-0.2, 0) is 5.41 Å². The van der Waals surface area contributed by atoms with E-state index in [0.717, 1.165) is 30.5 Å². The third kappa shape index (κ3) is 3.39. The number of halogens is 1. The molecule has 0 bridgehead atoms. The summed E-state index contributed by atoms with van der Waals surface area (Å²) in [6, 6.07) is 5.91. The first-order valence-corrected chi connectivity index (χ1v) is 6.98. The molecule has 1 fully saturated rings. The minimum Gasteiger partial charge on any atom is -0.493 e. The third-order valence-electron chi connectivity index (χ3n) is 3.39. The Morgan fingerprint density at radius 3 is 2.78 bits per heavy atom. The second-order valence-corrected chi connectivity index (χ2v) is 6.50. The lowest BCUT2D eigenvalue weighted by molar-refractivity contribution is 0.254. The highest BCUT2D eigenvalue weighted by Gasteiger charge is 2.21. The largest absolute Gasteiger partial charge is 0.493 e. The molecule has 0 saturated carbocycles. The van der Waals surface area contributed by atoms with Crippen LogP contribution in [0, 0.1) is 5.92 Å². The van der Waals surface area contributed by atoms with Crippen LogP contribution in [0.4, 0.5) is 0 Å². The Labute approximate surface area is 115 Å². The van der Waals surface area contributed by atoms with Gasteiger partial charge in [-0.3, -0.25) is 0 Å². The highest BCUT2D eigenvalue weighted by atomic mass is 35.5. The van der Waals surface area contributed by atoms with Crippen molar-refractivity contribution >= 4 is 11.6 Å². The maximum atomic E-state index is 6.08. The van der Waals surface area contributed by atoms with E-state index in [0.29, 0.717) is 5.92 Å². The Balaban J connectivity index is 2.11. The summed E-state index contributed by atoms with van der Waals surface area (Å²) in [7, 11) is 0. The average Bonchev–Trinajstić information content (AvgIpc) is 2.79. The summed E-state index contributed by atoms with van der Waals surface area (Å²) < 4.78 is 6.00. The van der Waals surface area contributed by atoms with E-state index < -0.39 is 0 Å². The predicted molar refractivity (Wildman–Crippen MR) is 76.6 cm³/mol. The van der Waals surface area contributed by atoms with Gasteiger partial charge >= 0.3 is 0 Å². The first-order valence-electron chi connectivity index (χ1n) is 6.60. The molecular formula is C15H22ClNO. The van der Waals surface area contributed by atoms with E-state index in [1.54, 1.807) is 0 Å². The summed E-state index contributed by atoms with van der Waals surface area (Å²) in [5.74, 6) is 1.60. The number of nitrogens with one attached hydrogen (secondary N) is 1. The van der Waals surface area contributed by atoms with Crippen LogP contribution in [0.5, 0.6) is 5.75 Å². The monoisotopic (exact) mass is 267 g/mol. The zero-order valence-electron chi connectivity index (χ0n) is 11.4. The summed E-state index contributed by atoms with van der Waals surface area (Å²) in [6.45, 7) is 9.52. The van der Waals surface area contributed by atoms with Crippen LogP contribution < -0.4 is 10.1 Å². The van der Waals surface area contributed by atoms with Crippen LogP contribution in [-0.4, -0.2) is 19.7 Å². The molecule has 2 nitrogen and oxygen atoms in total. The molecule has 0 radical (unpaired) electrons. The van der Waals surface area contributed by atoms with E-state index in [4.69, 9.17) is 16.3 Å². The summed E-state index contributed by atoms with van der Waals surface area (Å²) in [6.07, 6.45) is 1.21. The van der Waals surface area contributed by atoms with Crippen LogP contribution in [0.1, 0.15) is 32.8 Å². The lowest BCUT2D eigenvalue weighted by Crippen LogP contribution is -2.18. The maximum Gasteiger partial charge on any atom is 0.123 e. The average molecular weight is 268 g/mol. The minimum absolute atomic E-state index is 0.0498. The summed E-state index contributed by atoms with van der Waals surface area (Å²) in [5, 5.41) is 4.13. The van der Waals surface area contributed by atoms with Gasteiger partial charge in [-0.15, -0.1) is 0 Å². The van der Waals surface area contributed by atoms with E-state index in [1.165, 1.54) is 12.0 Å². The quantitative estimate of drug-likeness (QED) is 0.903. The van der Waals surface area contributed by atoms with Crippen molar-refractivity contribution in [2.75, 3.05) is 19.7 Å². The van der Waals surface area contributed by atoms with Crippen LogP contribution in [0.3, 0.4) is 0 Å². The molecule has 1 aromatic carbocycles. The van der Waals surface area contributed by atoms with Gasteiger partial charge in [-0.2, -0.15) is 0 Å². The lowest BCUT2D eigenvalue weighted by atomic mass is 9.86. The van der Waals surface area contributed by atoms with Crippen molar-refractivity contribution in [3.05, 3.63) is 28.8 Å². The first kappa shape index (κ1) is 13.7. The molecule has 1 aromatic rings. The molecule has 0 unspecified atom stereocenters. The van der Waals surface area contributed by atoms with Crippen LogP contribution in [0.15, 0.2) is 18.2 Å². The molecule has 18 heavy (non-hydrogen) atoms. The molecule has 1 aliphatic rings. The van der Waals surface area contributed by atoms with Gasteiger partial charge < -0.3 is 10.1 Å². The van der Waals surface area contributed by atoms with Crippen molar-refractivity contribution < 1.29 is 4.74 Å². The van der Waals surface area contributed by atoms with Crippen LogP contribution in [0.2, 0.25) is 5.02 Å². The topological polar surface area (TPSA) is 21.3 Å². The molecule has 1 aliphatic heterocycles. The van der Waals surface area contributed by atoms with E-state index in [9.17, 15) is 0 Å². The molecule has 1 atom stereocenters. The zero-order chi connectivity index (χ0) is 13.2. The second-order valence-electron chi connectivity index (χ2n) is 6.06. The maximum absolute atomic E-state index is 6.08. The molecule has 1 N–H and O–H groups in total. The lowest BCUT2D eigenvalue weighted by Gasteiger charge is -2.24. The Hall–Kier alpha value is -0.730. The molecule has 0 aromatic heterocycles. The highest BCUT2D eigenvalue weighted by molar-refractivity contribution is 6.30. The molecule has 0 amide bonds. The third-order valence-corrected chi connectivity index (χ3v) is 3.62. The van der Waals surface area contributed by atoms with Crippen molar-refractivity contribution in [1.82, 2.24) is 5.32 Å². The first-order chi connectivity index (χ1) is 8.47. The summed E-state index contributed by atoms with van der Waals surface area (Å²) in [5.41, 5.74) is 1.23. The Morgan fingerprint density at radius 1 is 1.39 bits per heavy atom. The molecule has 1 saturated heterocycles. The molecular weight excluding hydrogens is 246 g/mol. The summed E-state index contributed by atoms with van der Waals surface area (Å²) in [4.78, 5) is 0. The Kier molecular flexibility index (Phi) is 4.18. The number of hydrogen-bond acceptors (Lipinski definition) is 2. The van der Waals surface area contributed by atoms with Crippen molar-refractivity contribution in [2.45, 2.75) is 32.6 Å². The minimum atomic E-state index is 0.0498. The van der Waals surface area contributed by atoms with Gasteiger partial charge in [0.15, 0.2) is 0 Å². The van der Waals surface area contributed by atoms with Gasteiger partial charge in [0.25, 0.3) is 0 Å². The van der Waals surface area contributed by atoms with Gasteiger partial charge in [-0.05, 0) is 36.6 Å². The van der Waals surface area contributed by atoms with Gasteiger partial charge in [0.1, 0.15) is 5.75 Å². The van der Waals surface area contributed by atoms with E-state index in [2.05, 4.69) is 26.1 Å². The van der Waals surface area contributed by atoms with Gasteiger partial charge in [0, 0.05) is 23.0 Å². The van der Waals surface area contributed by atoms with Gasteiger partial charge in [0.05, 0.1) is 6.61 Å². The van der Waals surface area contributed by atoms with Crippen molar-refractivity contribution in [3.8, 4) is 5.75 Å². The number of rotatable bonds is 3. The van der Waals surface area contributed by atoms with E-state index >= 15 is 0 Å². The van der Waals surface area contributed by atoms with Gasteiger partial charge in [0.2, 0.25) is 0 Å². The number of ether oxygens (including phenoxy) is 1. The highest BCUT2D eigenvalue weighted by Crippen LogP contribution is 2.33. The predicted octanol–water partition coefficient (Wildman–Crippen LogP) is 3.63. The number of hydrogen-bond donors (Lipinski definition) is 1. The fourth-order valence-corrected chi connectivity index (χ4v) is 2.45. The van der Waals surface area contributed by atoms with E-state index in [1.807, 2.05) is 18.2 Å². The van der Waals surface area contributed by atoms with Crippen molar-refractivity contribution in [3.63, 3.8) is 0 Å². The SMILES string of the molecule is CC(C)(C)c1cc(Cl)ccc1OC[C@H]1CCNC1. The van der Waals surface area contributed by atoms with Crippen molar-refractivity contribution in [2.24, 2.45) is 5.92 Å². The molecule has 2 rings (SSSR count). The van der Waals surface area contributed by atoms with Crippen LogP contribution in [0.25, 0.3) is 0 Å². The molecule has 100 valence electrons. The van der Waals surface area contributed by atoms with Crippen LogP contribution >= 0.6 is 11.6 Å². The Bertz CT molecular complexity index is 405. The molecule has 0 aliphatic carbocycles. The van der Waals surface area contributed by atoms with Gasteiger partial charge in [-0.25, -0.2) is 0 Å². The summed E-state index contributed by atoms with van der Waals surface area (Å²) >= 11 is 6.08. The fourth-order valence-electron chi connectivity index (χ4n) is 2.28. The molecule has 0 spiro atoms.